The van der Waals surface area contributed by atoms with Gasteiger partial charge in [0.1, 0.15) is 12.1 Å². The fourth-order valence-corrected chi connectivity index (χ4v) is 3.01. The minimum Gasteiger partial charge on any atom is -0.428 e. The summed E-state index contributed by atoms with van der Waals surface area (Å²) >= 11 is 11.7. The van der Waals surface area contributed by atoms with Gasteiger partial charge in [0.2, 0.25) is 0 Å². The molecule has 2 unspecified atom stereocenters. The van der Waals surface area contributed by atoms with Gasteiger partial charge in [-0.3, -0.25) is 0 Å². The first-order valence-electron chi connectivity index (χ1n) is 9.31. The summed E-state index contributed by atoms with van der Waals surface area (Å²) in [5.74, 6) is -0.590. The number of rotatable bonds is 7. The van der Waals surface area contributed by atoms with Crippen LogP contribution in [0.3, 0.4) is 0 Å². The van der Waals surface area contributed by atoms with Crippen LogP contribution in [0, 0.1) is 0 Å². The number of amides is 2. The third-order valence-electron chi connectivity index (χ3n) is 4.15. The summed E-state index contributed by atoms with van der Waals surface area (Å²) in [5.41, 5.74) is -0.211. The van der Waals surface area contributed by atoms with Crippen LogP contribution in [0.15, 0.2) is 36.9 Å². The summed E-state index contributed by atoms with van der Waals surface area (Å²) in [6, 6.07) is 1.43. The lowest BCUT2D eigenvalue weighted by atomic mass is 10.3. The summed E-state index contributed by atoms with van der Waals surface area (Å²) < 4.78 is 82.1. The highest BCUT2D eigenvalue weighted by atomic mass is 35.5. The van der Waals surface area contributed by atoms with Crippen LogP contribution in [0.2, 0.25) is 10.0 Å². The molecule has 3 aromatic rings. The second-order valence-corrected chi connectivity index (χ2v) is 7.54. The van der Waals surface area contributed by atoms with Crippen LogP contribution in [0.5, 0.6) is 5.75 Å². The van der Waals surface area contributed by atoms with Gasteiger partial charge in [0, 0.05) is 18.5 Å². The first-order valence-corrected chi connectivity index (χ1v) is 10.1. The second-order valence-electron chi connectivity index (χ2n) is 6.73. The average molecular weight is 544 g/mol. The van der Waals surface area contributed by atoms with E-state index < -0.39 is 46.3 Å². The summed E-state index contributed by atoms with van der Waals surface area (Å²) in [5, 5.41) is 7.68. The Balaban J connectivity index is 1.71. The molecule has 0 spiro atoms. The molecule has 1 aromatic carbocycles. The summed E-state index contributed by atoms with van der Waals surface area (Å²) in [4.78, 5) is 24.5. The van der Waals surface area contributed by atoms with Crippen molar-refractivity contribution in [3.63, 3.8) is 0 Å². The number of carbonyl (C=O) groups is 1. The van der Waals surface area contributed by atoms with E-state index in [0.29, 0.717) is 6.07 Å². The molecule has 35 heavy (non-hydrogen) atoms. The molecule has 9 nitrogen and oxygen atoms in total. The fourth-order valence-electron chi connectivity index (χ4n) is 2.61. The van der Waals surface area contributed by atoms with Crippen LogP contribution < -0.4 is 15.4 Å². The van der Waals surface area contributed by atoms with Gasteiger partial charge in [-0.2, -0.15) is 31.7 Å². The molecule has 0 aliphatic heterocycles. The van der Waals surface area contributed by atoms with Gasteiger partial charge in [0.05, 0.1) is 21.8 Å². The van der Waals surface area contributed by atoms with Gasteiger partial charge in [-0.15, -0.1) is 0 Å². The van der Waals surface area contributed by atoms with E-state index in [2.05, 4.69) is 35.4 Å². The number of anilines is 1. The Hall–Kier alpha value is -3.33. The lowest BCUT2D eigenvalue weighted by Gasteiger charge is -2.24. The van der Waals surface area contributed by atoms with Crippen LogP contribution >= 0.6 is 23.2 Å². The van der Waals surface area contributed by atoms with E-state index in [9.17, 15) is 31.1 Å². The summed E-state index contributed by atoms with van der Waals surface area (Å²) in [6.07, 6.45) is -11.6. The van der Waals surface area contributed by atoms with Crippen molar-refractivity contribution in [2.24, 2.45) is 0 Å². The molecule has 2 amide bonds. The molecule has 17 heteroatoms. The number of aromatic nitrogens is 5. The molecule has 0 radical (unpaired) electrons. The first kappa shape index (κ1) is 26.3. The van der Waals surface area contributed by atoms with Crippen molar-refractivity contribution in [1.82, 2.24) is 30.0 Å². The highest BCUT2D eigenvalue weighted by Crippen LogP contribution is 2.41. The lowest BCUT2D eigenvalue weighted by molar-refractivity contribution is -0.304. The molecule has 0 aliphatic carbocycles. The third-order valence-corrected chi connectivity index (χ3v) is 4.76. The fraction of sp³-hybridized carbons (Fsp3) is 0.278. The normalized spacial score (nSPS) is 13.7. The Morgan fingerprint density at radius 3 is 2.37 bits per heavy atom. The monoisotopic (exact) mass is 543 g/mol. The third kappa shape index (κ3) is 6.22. The van der Waals surface area contributed by atoms with Crippen molar-refractivity contribution in [2.75, 3.05) is 5.32 Å². The standard InChI is InChI=1S/C18H13Cl2F6N7O2/c1-8(13-29-7-30-33(13)15-27-3-2-4-28-15)31-16(34)32-11-5-10(20)12(6-9(11)19)35-18(25,26)14(21)17(22,23)24/h2-8,14H,1H3,(H2,31,32,34). The van der Waals surface area contributed by atoms with E-state index in [1.54, 1.807) is 13.0 Å². The number of halogens is 8. The highest BCUT2D eigenvalue weighted by molar-refractivity contribution is 6.36. The van der Waals surface area contributed by atoms with Gasteiger partial charge in [0.15, 0.2) is 5.82 Å². The maximum atomic E-state index is 13.5. The topological polar surface area (TPSA) is 107 Å². The average Bonchev–Trinajstić information content (AvgIpc) is 3.26. The molecule has 0 saturated carbocycles. The minimum atomic E-state index is -5.88. The summed E-state index contributed by atoms with van der Waals surface area (Å²) in [6.45, 7) is 1.56. The molecule has 3 rings (SSSR count). The molecule has 0 fully saturated rings. The predicted molar refractivity (Wildman–Crippen MR) is 111 cm³/mol. The maximum absolute atomic E-state index is 13.5. The van der Waals surface area contributed by atoms with E-state index in [1.165, 1.54) is 23.4 Å². The Kier molecular flexibility index (Phi) is 7.59. The van der Waals surface area contributed by atoms with E-state index in [0.717, 1.165) is 6.07 Å². The van der Waals surface area contributed by atoms with Crippen LogP contribution in [0.25, 0.3) is 5.95 Å². The Bertz CT molecular complexity index is 1200. The van der Waals surface area contributed by atoms with Crippen molar-refractivity contribution in [3.05, 3.63) is 52.8 Å². The second kappa shape index (κ2) is 10.1. The van der Waals surface area contributed by atoms with Gasteiger partial charge >= 0.3 is 18.3 Å². The van der Waals surface area contributed by atoms with Crippen molar-refractivity contribution in [3.8, 4) is 11.7 Å². The van der Waals surface area contributed by atoms with Gasteiger partial charge in [-0.1, -0.05) is 23.2 Å². The van der Waals surface area contributed by atoms with Gasteiger partial charge in [-0.25, -0.2) is 24.1 Å². The highest BCUT2D eigenvalue weighted by Gasteiger charge is 2.59. The number of nitrogens with zero attached hydrogens (tertiary/aromatic N) is 5. The molecule has 0 saturated heterocycles. The number of hydrogen-bond acceptors (Lipinski definition) is 6. The van der Waals surface area contributed by atoms with Crippen LogP contribution in [0.4, 0.5) is 36.8 Å². The zero-order chi connectivity index (χ0) is 26.0. The predicted octanol–water partition coefficient (Wildman–Crippen LogP) is 5.12. The van der Waals surface area contributed by atoms with Gasteiger partial charge in [-0.05, 0) is 19.1 Å². The van der Waals surface area contributed by atoms with Crippen LogP contribution in [-0.2, 0) is 0 Å². The molecule has 2 N–H and O–H groups in total. The van der Waals surface area contributed by atoms with Gasteiger partial charge in [0.25, 0.3) is 12.1 Å². The molecule has 2 aromatic heterocycles. The quantitative estimate of drug-likeness (QED) is 0.400. The zero-order valence-corrected chi connectivity index (χ0v) is 18.7. The van der Waals surface area contributed by atoms with Crippen molar-refractivity contribution in [1.29, 1.82) is 0 Å². The molecule has 0 bridgehead atoms. The number of benzene rings is 1. The molecule has 188 valence electrons. The SMILES string of the molecule is CC(NC(=O)Nc1cc(Cl)c(OC(F)(F)C(F)C(F)(F)F)cc1Cl)c1ncnn1-c1ncccn1. The first-order chi connectivity index (χ1) is 16.3. The number of hydrogen-bond donors (Lipinski definition) is 2. The Morgan fingerprint density at radius 2 is 1.74 bits per heavy atom. The number of nitrogens with one attached hydrogen (secondary N) is 2. The van der Waals surface area contributed by atoms with Crippen molar-refractivity contribution >= 4 is 34.9 Å². The number of ether oxygens (including phenoxy) is 1. The number of alkyl halides is 6. The molecule has 2 heterocycles. The zero-order valence-electron chi connectivity index (χ0n) is 17.2. The van der Waals surface area contributed by atoms with E-state index in [-0.39, 0.29) is 17.5 Å². The maximum Gasteiger partial charge on any atom is 0.439 e. The van der Waals surface area contributed by atoms with Crippen molar-refractivity contribution < 1.29 is 35.9 Å². The van der Waals surface area contributed by atoms with E-state index >= 15 is 0 Å². The lowest BCUT2D eigenvalue weighted by Crippen LogP contribution is -2.45. The van der Waals surface area contributed by atoms with Crippen molar-refractivity contribution in [2.45, 2.75) is 31.4 Å². The summed E-state index contributed by atoms with van der Waals surface area (Å²) in [7, 11) is 0. The smallest absolute Gasteiger partial charge is 0.428 e. The minimum absolute atomic E-state index is 0.192. The van der Waals surface area contributed by atoms with E-state index in [1.807, 2.05) is 0 Å². The van der Waals surface area contributed by atoms with E-state index in [4.69, 9.17) is 23.2 Å². The Morgan fingerprint density at radius 1 is 1.09 bits per heavy atom. The molecular formula is C18H13Cl2F6N7O2. The Labute approximate surface area is 202 Å². The largest absolute Gasteiger partial charge is 0.439 e. The van der Waals surface area contributed by atoms with Crippen LogP contribution in [-0.4, -0.2) is 49.2 Å². The molecule has 2 atom stereocenters. The number of urea groups is 1. The molecular weight excluding hydrogens is 531 g/mol. The van der Waals surface area contributed by atoms with Crippen LogP contribution in [0.1, 0.15) is 18.8 Å². The molecule has 0 aliphatic rings. The number of carbonyl (C=O) groups excluding carboxylic acids is 1. The van der Waals surface area contributed by atoms with Gasteiger partial charge < -0.3 is 15.4 Å².